The van der Waals surface area contributed by atoms with E-state index in [9.17, 15) is 41.2 Å². The molecule has 0 aromatic carbocycles. The van der Waals surface area contributed by atoms with E-state index < -0.39 is 52.5 Å². The highest BCUT2D eigenvalue weighted by Crippen LogP contribution is 2.58. The first-order valence-corrected chi connectivity index (χ1v) is 8.64. The highest BCUT2D eigenvalue weighted by molar-refractivity contribution is 7.96. The molecule has 0 amide bonds. The fourth-order valence-corrected chi connectivity index (χ4v) is 5.08. The predicted octanol–water partition coefficient (Wildman–Crippen LogP) is 2.41. The maximum Gasteiger partial charge on any atom is 0.425 e. The summed E-state index contributed by atoms with van der Waals surface area (Å²) < 4.78 is 82.9. The van der Waals surface area contributed by atoms with Crippen molar-refractivity contribution >= 4 is 23.8 Å². The number of carbonyl (C=O) groups excluding carboxylic acids is 2. The lowest BCUT2D eigenvalue weighted by molar-refractivity contribution is -0.777. The van der Waals surface area contributed by atoms with Crippen molar-refractivity contribution in [2.45, 2.75) is 54.8 Å². The Bertz CT molecular complexity index is 603. The van der Waals surface area contributed by atoms with Crippen molar-refractivity contribution in [2.75, 3.05) is 0 Å². The molecule has 4 aliphatic rings. The fourth-order valence-electron chi connectivity index (χ4n) is 4.65. The molecule has 0 heterocycles. The molecule has 0 aliphatic heterocycles. The van der Waals surface area contributed by atoms with E-state index in [4.69, 9.17) is 4.74 Å². The van der Waals surface area contributed by atoms with Gasteiger partial charge in [-0.25, -0.2) is 4.79 Å². The Labute approximate surface area is 152 Å². The van der Waals surface area contributed by atoms with Crippen LogP contribution in [-0.4, -0.2) is 34.5 Å². The number of hydrogen-bond donors (Lipinski definition) is 0. The van der Waals surface area contributed by atoms with Crippen LogP contribution >= 0.6 is 12.0 Å². The van der Waals surface area contributed by atoms with Gasteiger partial charge in [0, 0.05) is 11.8 Å². The number of esters is 1. The molecule has 6 nitrogen and oxygen atoms in total. The van der Waals surface area contributed by atoms with Gasteiger partial charge in [-0.3, -0.25) is 9.83 Å². The van der Waals surface area contributed by atoms with Gasteiger partial charge in [-0.15, -0.1) is 0 Å². The predicted molar refractivity (Wildman–Crippen MR) is 72.0 cm³/mol. The highest BCUT2D eigenvalue weighted by atomic mass is 32.2. The maximum absolute atomic E-state index is 13.3. The number of ether oxygens (including phenoxy) is 1. The molecular formula is C14H13F6O6S-. The van der Waals surface area contributed by atoms with Crippen molar-refractivity contribution in [1.82, 2.24) is 0 Å². The molecule has 0 saturated heterocycles. The van der Waals surface area contributed by atoms with Gasteiger partial charge in [-0.2, -0.15) is 30.7 Å². The maximum atomic E-state index is 13.3. The van der Waals surface area contributed by atoms with Crippen LogP contribution in [0.5, 0.6) is 0 Å². The molecule has 2 atom stereocenters. The third-order valence-electron chi connectivity index (χ3n) is 5.52. The molecule has 154 valence electrons. The minimum Gasteiger partial charge on any atom is -0.691 e. The summed E-state index contributed by atoms with van der Waals surface area (Å²) in [5, 5.41) is 12.4. The zero-order valence-corrected chi connectivity index (χ0v) is 14.2. The summed E-state index contributed by atoms with van der Waals surface area (Å²) in [6.45, 7) is 0. The Kier molecular flexibility index (Phi) is 4.97. The molecule has 0 aromatic heterocycles. The van der Waals surface area contributed by atoms with Gasteiger partial charge in [-0.05, 0) is 38.0 Å². The summed E-state index contributed by atoms with van der Waals surface area (Å²) in [6, 6.07) is 0. The zero-order chi connectivity index (χ0) is 20.3. The van der Waals surface area contributed by atoms with E-state index >= 15 is 0 Å². The van der Waals surface area contributed by atoms with Crippen LogP contribution < -0.4 is 5.26 Å². The van der Waals surface area contributed by atoms with E-state index in [0.29, 0.717) is 12.8 Å². The van der Waals surface area contributed by atoms with Crippen LogP contribution in [0.1, 0.15) is 32.1 Å². The van der Waals surface area contributed by atoms with E-state index in [1.54, 1.807) is 0 Å². The van der Waals surface area contributed by atoms with E-state index in [2.05, 4.69) is 9.37 Å². The molecule has 4 saturated carbocycles. The van der Waals surface area contributed by atoms with Crippen molar-refractivity contribution in [3.8, 4) is 0 Å². The minimum absolute atomic E-state index is 0.0898. The lowest BCUT2D eigenvalue weighted by Crippen LogP contribution is -2.64. The number of alkyl halides is 6. The van der Waals surface area contributed by atoms with Crippen LogP contribution in [0.15, 0.2) is 0 Å². The topological polar surface area (TPSA) is 84.9 Å². The molecule has 4 fully saturated rings. The number of hydrogen-bond acceptors (Lipinski definition) is 7. The second-order valence-electron chi connectivity index (χ2n) is 7.21. The molecule has 0 N–H and O–H groups in total. The lowest BCUT2D eigenvalue weighted by Gasteiger charge is -2.55. The number of carbonyl (C=O) groups is 2. The molecule has 0 spiro atoms. The first kappa shape index (κ1) is 20.7. The summed E-state index contributed by atoms with van der Waals surface area (Å²) in [5.41, 5.74) is -1.57. The molecule has 0 radical (unpaired) electrons. The van der Waals surface area contributed by atoms with Gasteiger partial charge < -0.3 is 9.99 Å². The van der Waals surface area contributed by atoms with Crippen molar-refractivity contribution in [1.29, 1.82) is 0 Å². The van der Waals surface area contributed by atoms with Gasteiger partial charge in [0.1, 0.15) is 11.4 Å². The largest absolute Gasteiger partial charge is 0.691 e. The van der Waals surface area contributed by atoms with Crippen LogP contribution in [0.25, 0.3) is 0 Å². The van der Waals surface area contributed by atoms with Crippen LogP contribution in [0.4, 0.5) is 26.3 Å². The lowest BCUT2D eigenvalue weighted by atomic mass is 9.53. The third-order valence-corrected chi connectivity index (χ3v) is 6.52. The number of halogens is 6. The van der Waals surface area contributed by atoms with E-state index in [-0.39, 0.29) is 31.0 Å². The normalized spacial score (nSPS) is 33.4. The van der Waals surface area contributed by atoms with E-state index in [1.807, 2.05) is 0 Å². The second kappa shape index (κ2) is 6.49. The zero-order valence-electron chi connectivity index (χ0n) is 13.4. The summed E-state index contributed by atoms with van der Waals surface area (Å²) in [5.74, 6) is -3.91. The monoisotopic (exact) mass is 423 g/mol. The molecule has 4 bridgehead atoms. The Morgan fingerprint density at radius 2 is 1.56 bits per heavy atom. The van der Waals surface area contributed by atoms with Gasteiger partial charge in [0.25, 0.3) is 0 Å². The second-order valence-corrected chi connectivity index (χ2v) is 8.13. The molecule has 0 aromatic rings. The van der Waals surface area contributed by atoms with Crippen molar-refractivity contribution in [2.24, 2.45) is 17.8 Å². The Morgan fingerprint density at radius 1 is 1.04 bits per heavy atom. The van der Waals surface area contributed by atoms with Gasteiger partial charge >= 0.3 is 23.1 Å². The van der Waals surface area contributed by atoms with Crippen LogP contribution in [-0.2, 0) is 23.7 Å². The average Bonchev–Trinajstić information content (AvgIpc) is 2.49. The molecule has 4 aliphatic carbocycles. The minimum atomic E-state index is -6.19. The summed E-state index contributed by atoms with van der Waals surface area (Å²) in [4.78, 5) is 24.3. The van der Waals surface area contributed by atoms with Crippen LogP contribution in [0, 0.1) is 17.8 Å². The number of ketones is 1. The molecule has 13 heteroatoms. The Balaban J connectivity index is 1.92. The first-order chi connectivity index (χ1) is 12.4. The SMILES string of the molecule is O=C1C2CC3CC1CC(OC(=O)C(SOO[O-])(C(F)(F)F)C(F)(F)F)(C3)C2. The van der Waals surface area contributed by atoms with Crippen LogP contribution in [0.3, 0.4) is 0 Å². The smallest absolute Gasteiger partial charge is 0.425 e. The molecule has 4 rings (SSSR count). The first-order valence-electron chi connectivity index (χ1n) is 7.90. The average molecular weight is 423 g/mol. The standard InChI is InChI=1S/C14H14F6O6S/c15-13(16,17)12(14(18,19)20,27-26-25-23)10(22)24-11-3-6-1-7(4-11)9(21)8(2-6)5-11/h6-8,23H,1-5H2/p-1. The van der Waals surface area contributed by atoms with Crippen LogP contribution in [0.2, 0.25) is 0 Å². The third kappa shape index (κ3) is 3.21. The summed E-state index contributed by atoms with van der Waals surface area (Å²) in [6.07, 6.45) is -11.5. The Morgan fingerprint density at radius 3 is 2.00 bits per heavy atom. The number of Topliss-reactive ketones (excluding diaryl/α,β-unsaturated/α-hetero) is 1. The molecule has 2 unspecified atom stereocenters. The quantitative estimate of drug-likeness (QED) is 0.221. The molecule has 27 heavy (non-hydrogen) atoms. The van der Waals surface area contributed by atoms with Gasteiger partial charge in [0.15, 0.2) is 0 Å². The van der Waals surface area contributed by atoms with Crippen molar-refractivity contribution in [3.05, 3.63) is 0 Å². The Hall–Kier alpha value is -1.05. The van der Waals surface area contributed by atoms with Gasteiger partial charge in [-0.1, -0.05) is 0 Å². The summed E-state index contributed by atoms with van der Waals surface area (Å²) >= 11 is -1.51. The summed E-state index contributed by atoms with van der Waals surface area (Å²) in [7, 11) is 0. The molecular weight excluding hydrogens is 410 g/mol. The highest BCUT2D eigenvalue weighted by Gasteiger charge is 2.79. The van der Waals surface area contributed by atoms with E-state index in [0.717, 1.165) is 0 Å². The van der Waals surface area contributed by atoms with Crippen molar-refractivity contribution in [3.63, 3.8) is 0 Å². The number of rotatable bonds is 5. The van der Waals surface area contributed by atoms with Gasteiger partial charge in [0.05, 0.1) is 12.0 Å². The van der Waals surface area contributed by atoms with Crippen molar-refractivity contribution < 1.29 is 55.3 Å². The fraction of sp³-hybridized carbons (Fsp3) is 0.857. The van der Waals surface area contributed by atoms with Gasteiger partial charge in [0.2, 0.25) is 0 Å². The van der Waals surface area contributed by atoms with E-state index in [1.165, 1.54) is 0 Å².